The minimum absolute atomic E-state index is 0.149. The molecule has 1 N–H and O–H groups in total. The van der Waals surface area contributed by atoms with E-state index in [0.717, 1.165) is 4.90 Å². The van der Waals surface area contributed by atoms with Crippen molar-refractivity contribution < 1.29 is 23.4 Å². The zero-order chi connectivity index (χ0) is 27.3. The van der Waals surface area contributed by atoms with Gasteiger partial charge in [0.1, 0.15) is 29.1 Å². The second kappa shape index (κ2) is 9.73. The molecule has 2 unspecified atom stereocenters. The Labute approximate surface area is 225 Å². The number of piperidine rings is 1. The van der Waals surface area contributed by atoms with Crippen LogP contribution < -0.4 is 4.74 Å². The quantitative estimate of drug-likeness (QED) is 0.284. The second-order valence-corrected chi connectivity index (χ2v) is 9.65. The summed E-state index contributed by atoms with van der Waals surface area (Å²) in [7, 11) is 0. The molecule has 198 valence electrons. The summed E-state index contributed by atoms with van der Waals surface area (Å²) in [6, 6.07) is 8.96. The number of rotatable bonds is 4. The van der Waals surface area contributed by atoms with Crippen LogP contribution in [0.1, 0.15) is 18.3 Å². The van der Waals surface area contributed by atoms with Crippen LogP contribution in [0, 0.1) is 12.7 Å². The van der Waals surface area contributed by atoms with Gasteiger partial charge < -0.3 is 19.3 Å². The first-order valence-corrected chi connectivity index (χ1v) is 12.5. The molecule has 4 heterocycles. The fourth-order valence-corrected chi connectivity index (χ4v) is 5.38. The number of aryl methyl sites for hydroxylation is 1. The lowest BCUT2D eigenvalue weighted by Gasteiger charge is -2.34. The number of fused-ring (bicyclic) bond motifs is 3. The van der Waals surface area contributed by atoms with E-state index in [2.05, 4.69) is 19.9 Å². The van der Waals surface area contributed by atoms with Crippen molar-refractivity contribution >= 4 is 39.6 Å². The molecular formula is C27H21ClF2N6O3. The summed E-state index contributed by atoms with van der Waals surface area (Å²) < 4.78 is 38.1. The topological polar surface area (TPSA) is 106 Å². The Kier molecular flexibility index (Phi) is 6.22. The maximum atomic E-state index is 15.4. The molecule has 2 aromatic carbocycles. The summed E-state index contributed by atoms with van der Waals surface area (Å²) in [5, 5.41) is 10.1. The lowest BCUT2D eigenvalue weighted by Crippen LogP contribution is -2.45. The van der Waals surface area contributed by atoms with Crippen LogP contribution in [-0.4, -0.2) is 59.9 Å². The van der Waals surface area contributed by atoms with E-state index >= 15 is 8.78 Å². The third kappa shape index (κ3) is 4.48. The van der Waals surface area contributed by atoms with Crippen LogP contribution in [0.3, 0.4) is 0 Å². The van der Waals surface area contributed by atoms with E-state index < -0.39 is 24.1 Å². The number of hydrogen-bond acceptors (Lipinski definition) is 6. The Balaban J connectivity index is 1.44. The normalized spacial score (nSPS) is 17.6. The van der Waals surface area contributed by atoms with Gasteiger partial charge in [0.05, 0.1) is 34.8 Å². The van der Waals surface area contributed by atoms with Crippen molar-refractivity contribution in [1.29, 1.82) is 0 Å². The molecule has 12 heteroatoms. The summed E-state index contributed by atoms with van der Waals surface area (Å²) >= 11 is 6.56. The van der Waals surface area contributed by atoms with Crippen molar-refractivity contribution in [2.24, 2.45) is 0 Å². The first-order chi connectivity index (χ1) is 18.8. The van der Waals surface area contributed by atoms with Gasteiger partial charge >= 0.3 is 12.1 Å². The first kappa shape index (κ1) is 24.9. The number of carboxylic acid groups (broad SMARTS) is 1. The van der Waals surface area contributed by atoms with E-state index in [-0.39, 0.29) is 36.1 Å². The SMILES string of the molecule is Cc1nc2cnc3cc(F)c(-c4ccc(Oc5ncccn5)cc4Cl)cc3c2n1C1CCN(C(=O)O)CC1F. The minimum Gasteiger partial charge on any atom is -0.465 e. The zero-order valence-electron chi connectivity index (χ0n) is 20.6. The van der Waals surface area contributed by atoms with Crippen LogP contribution in [0.2, 0.25) is 5.02 Å². The number of benzene rings is 2. The average molecular weight is 551 g/mol. The number of pyridine rings is 1. The molecule has 3 aromatic heterocycles. The number of amides is 1. The van der Waals surface area contributed by atoms with Gasteiger partial charge in [0.2, 0.25) is 0 Å². The molecule has 5 aromatic rings. The molecule has 6 rings (SSSR count). The van der Waals surface area contributed by atoms with Gasteiger partial charge in [0.15, 0.2) is 0 Å². The van der Waals surface area contributed by atoms with Gasteiger partial charge in [-0.2, -0.15) is 0 Å². The van der Waals surface area contributed by atoms with Crippen LogP contribution in [0.4, 0.5) is 13.6 Å². The number of halogens is 3. The number of nitrogens with zero attached hydrogens (tertiary/aromatic N) is 6. The molecule has 1 aliphatic rings. The number of aromatic nitrogens is 5. The number of alkyl halides is 1. The number of carbonyl (C=O) groups is 1. The predicted octanol–water partition coefficient (Wildman–Crippen LogP) is 6.20. The van der Waals surface area contributed by atoms with Crippen LogP contribution in [0.15, 0.2) is 55.0 Å². The molecule has 0 saturated carbocycles. The fourth-order valence-electron chi connectivity index (χ4n) is 5.10. The molecule has 2 atom stereocenters. The van der Waals surface area contributed by atoms with Crippen LogP contribution in [0.5, 0.6) is 11.8 Å². The minimum atomic E-state index is -1.44. The van der Waals surface area contributed by atoms with Gasteiger partial charge in [0.25, 0.3) is 0 Å². The highest BCUT2D eigenvalue weighted by Crippen LogP contribution is 2.38. The number of ether oxygens (including phenoxy) is 1. The molecule has 0 aliphatic carbocycles. The van der Waals surface area contributed by atoms with E-state index in [1.165, 1.54) is 12.3 Å². The van der Waals surface area contributed by atoms with Gasteiger partial charge in [-0.25, -0.2) is 28.5 Å². The van der Waals surface area contributed by atoms with E-state index in [1.807, 2.05) is 0 Å². The summed E-state index contributed by atoms with van der Waals surface area (Å²) in [6.07, 6.45) is 2.31. The summed E-state index contributed by atoms with van der Waals surface area (Å²) in [6.45, 7) is 1.72. The Hall–Kier alpha value is -4.38. The molecule has 0 spiro atoms. The smallest absolute Gasteiger partial charge is 0.407 e. The Bertz CT molecular complexity index is 1730. The van der Waals surface area contributed by atoms with Gasteiger partial charge in [-0.3, -0.25) is 4.98 Å². The maximum Gasteiger partial charge on any atom is 0.407 e. The third-order valence-electron chi connectivity index (χ3n) is 6.87. The highest BCUT2D eigenvalue weighted by Gasteiger charge is 2.34. The van der Waals surface area contributed by atoms with Crippen molar-refractivity contribution in [1.82, 2.24) is 29.4 Å². The highest BCUT2D eigenvalue weighted by molar-refractivity contribution is 6.33. The summed E-state index contributed by atoms with van der Waals surface area (Å²) in [5.41, 5.74) is 2.17. The molecule has 1 fully saturated rings. The Morgan fingerprint density at radius 3 is 2.64 bits per heavy atom. The third-order valence-corrected chi connectivity index (χ3v) is 7.18. The fraction of sp³-hybridized carbons (Fsp3) is 0.222. The molecule has 9 nitrogen and oxygen atoms in total. The monoisotopic (exact) mass is 550 g/mol. The molecule has 0 bridgehead atoms. The second-order valence-electron chi connectivity index (χ2n) is 9.25. The standard InChI is InChI=1S/C27H21ClF2N6O3/c1-14-34-23-12-33-22-11-20(29)17(16-4-3-15(9-19(16)28)39-26-31-6-2-7-32-26)10-18(22)25(23)36(14)24-5-8-35(27(37)38)13-21(24)30/h2-4,6-7,9-12,21,24H,5,8,13H2,1H3,(H,37,38). The van der Waals surface area contributed by atoms with Crippen LogP contribution in [0.25, 0.3) is 33.1 Å². The highest BCUT2D eigenvalue weighted by atomic mass is 35.5. The molecule has 1 amide bonds. The molecule has 0 radical (unpaired) electrons. The Morgan fingerprint density at radius 2 is 1.92 bits per heavy atom. The van der Waals surface area contributed by atoms with Gasteiger partial charge in [-0.1, -0.05) is 11.6 Å². The van der Waals surface area contributed by atoms with E-state index in [4.69, 9.17) is 16.3 Å². The summed E-state index contributed by atoms with van der Waals surface area (Å²) in [5.74, 6) is 0.414. The maximum absolute atomic E-state index is 15.4. The van der Waals surface area contributed by atoms with E-state index in [1.54, 1.807) is 54.2 Å². The van der Waals surface area contributed by atoms with Crippen molar-refractivity contribution in [2.45, 2.75) is 25.6 Å². The molecule has 39 heavy (non-hydrogen) atoms. The van der Waals surface area contributed by atoms with Crippen molar-refractivity contribution in [3.63, 3.8) is 0 Å². The predicted molar refractivity (Wildman–Crippen MR) is 140 cm³/mol. The molecular weight excluding hydrogens is 530 g/mol. The van der Waals surface area contributed by atoms with Crippen LogP contribution >= 0.6 is 11.6 Å². The molecule has 1 saturated heterocycles. The van der Waals surface area contributed by atoms with Gasteiger partial charge in [-0.05, 0) is 37.6 Å². The lowest BCUT2D eigenvalue weighted by atomic mass is 10.00. The summed E-state index contributed by atoms with van der Waals surface area (Å²) in [4.78, 5) is 29.4. The number of likely N-dealkylation sites (tertiary alicyclic amines) is 1. The zero-order valence-corrected chi connectivity index (χ0v) is 21.3. The number of imidazole rings is 1. The van der Waals surface area contributed by atoms with E-state index in [9.17, 15) is 9.90 Å². The Morgan fingerprint density at radius 1 is 1.13 bits per heavy atom. The van der Waals surface area contributed by atoms with Crippen LogP contribution in [-0.2, 0) is 0 Å². The average Bonchev–Trinajstić information content (AvgIpc) is 3.25. The lowest BCUT2D eigenvalue weighted by molar-refractivity contribution is 0.0800. The van der Waals surface area contributed by atoms with Crippen molar-refractivity contribution in [3.8, 4) is 22.9 Å². The largest absolute Gasteiger partial charge is 0.465 e. The number of hydrogen-bond donors (Lipinski definition) is 1. The van der Waals surface area contributed by atoms with Gasteiger partial charge in [0, 0.05) is 47.6 Å². The molecule has 1 aliphatic heterocycles. The first-order valence-electron chi connectivity index (χ1n) is 12.1. The van der Waals surface area contributed by atoms with Gasteiger partial charge in [-0.15, -0.1) is 0 Å². The van der Waals surface area contributed by atoms with Crippen molar-refractivity contribution in [2.75, 3.05) is 13.1 Å². The van der Waals surface area contributed by atoms with Crippen molar-refractivity contribution in [3.05, 3.63) is 71.7 Å². The van der Waals surface area contributed by atoms with E-state index in [0.29, 0.717) is 39.1 Å².